The Labute approximate surface area is 97.2 Å². The fourth-order valence-corrected chi connectivity index (χ4v) is 1.97. The van der Waals surface area contributed by atoms with E-state index in [1.807, 2.05) is 19.1 Å². The largest absolute Gasteiger partial charge is 0.448 e. The van der Waals surface area contributed by atoms with Crippen molar-refractivity contribution in [3.05, 3.63) is 33.8 Å². The summed E-state index contributed by atoms with van der Waals surface area (Å²) in [6.45, 7) is 3.83. The number of carbonyl (C=O) groups excluding carboxylic acids is 1. The van der Waals surface area contributed by atoms with Gasteiger partial charge in [-0.3, -0.25) is 0 Å². The lowest BCUT2D eigenvalue weighted by atomic mass is 10.1. The molecular weight excluding hydrogens is 258 g/mol. The Morgan fingerprint density at radius 2 is 2.33 bits per heavy atom. The molecule has 0 aromatic heterocycles. The number of aryl methyl sites for hydroxylation is 1. The number of carbonyl (C=O) groups is 1. The topological polar surface area (TPSA) is 29.5 Å². The highest BCUT2D eigenvalue weighted by molar-refractivity contribution is 9.10. The molecule has 0 atom stereocenters. The van der Waals surface area contributed by atoms with Crippen LogP contribution in [0.1, 0.15) is 11.1 Å². The molecule has 0 spiro atoms. The van der Waals surface area contributed by atoms with Crippen LogP contribution in [0.3, 0.4) is 0 Å². The zero-order chi connectivity index (χ0) is 10.8. The number of benzene rings is 1. The Kier molecular flexibility index (Phi) is 2.95. The van der Waals surface area contributed by atoms with Crippen molar-refractivity contribution < 1.29 is 9.53 Å². The van der Waals surface area contributed by atoms with Crippen LogP contribution in [0, 0.1) is 6.92 Å². The van der Waals surface area contributed by atoms with E-state index in [0.717, 1.165) is 10.0 Å². The first-order chi connectivity index (χ1) is 7.16. The Hall–Kier alpha value is -1.03. The van der Waals surface area contributed by atoms with Crippen LogP contribution in [0.25, 0.3) is 0 Å². The molecule has 15 heavy (non-hydrogen) atoms. The highest BCUT2D eigenvalue weighted by atomic mass is 79.9. The van der Waals surface area contributed by atoms with Gasteiger partial charge >= 0.3 is 6.09 Å². The van der Waals surface area contributed by atoms with Crippen molar-refractivity contribution >= 4 is 22.0 Å². The molecule has 0 N–H and O–H groups in total. The van der Waals surface area contributed by atoms with Gasteiger partial charge in [-0.2, -0.15) is 0 Å². The summed E-state index contributed by atoms with van der Waals surface area (Å²) in [7, 11) is 0. The zero-order valence-electron chi connectivity index (χ0n) is 8.50. The van der Waals surface area contributed by atoms with Crippen LogP contribution in [-0.4, -0.2) is 24.1 Å². The monoisotopic (exact) mass is 269 g/mol. The van der Waals surface area contributed by atoms with E-state index in [0.29, 0.717) is 19.7 Å². The highest BCUT2D eigenvalue weighted by Crippen LogP contribution is 2.21. The molecule has 1 aliphatic heterocycles. The van der Waals surface area contributed by atoms with Crippen molar-refractivity contribution in [3.8, 4) is 0 Å². The molecule has 0 saturated carbocycles. The van der Waals surface area contributed by atoms with Gasteiger partial charge in [0.2, 0.25) is 0 Å². The quantitative estimate of drug-likeness (QED) is 0.826. The first kappa shape index (κ1) is 10.5. The minimum atomic E-state index is -0.219. The van der Waals surface area contributed by atoms with Gasteiger partial charge in [-0.1, -0.05) is 33.6 Å². The summed E-state index contributed by atoms with van der Waals surface area (Å²) in [5, 5.41) is 0. The van der Waals surface area contributed by atoms with E-state index in [9.17, 15) is 4.79 Å². The van der Waals surface area contributed by atoms with Crippen LogP contribution in [0.15, 0.2) is 22.7 Å². The van der Waals surface area contributed by atoms with Gasteiger partial charge in [0.1, 0.15) is 6.61 Å². The van der Waals surface area contributed by atoms with Crippen molar-refractivity contribution in [1.82, 2.24) is 4.90 Å². The van der Waals surface area contributed by atoms with Gasteiger partial charge in [0.05, 0.1) is 13.1 Å². The average Bonchev–Trinajstić information content (AvgIpc) is 2.58. The standard InChI is InChI=1S/C11H12BrNO2/c1-8-2-3-10(12)9(6-8)7-13-4-5-15-11(13)14/h2-3,6H,4-5,7H2,1H3. The number of hydrogen-bond donors (Lipinski definition) is 0. The van der Waals surface area contributed by atoms with Gasteiger partial charge in [0.25, 0.3) is 0 Å². The molecule has 4 heteroatoms. The van der Waals surface area contributed by atoms with E-state index in [1.165, 1.54) is 5.56 Å². The van der Waals surface area contributed by atoms with E-state index in [1.54, 1.807) is 4.90 Å². The van der Waals surface area contributed by atoms with Gasteiger partial charge in [-0.05, 0) is 18.6 Å². The first-order valence-corrected chi connectivity index (χ1v) is 5.63. The number of hydrogen-bond acceptors (Lipinski definition) is 2. The lowest BCUT2D eigenvalue weighted by Gasteiger charge is -2.14. The zero-order valence-corrected chi connectivity index (χ0v) is 10.1. The van der Waals surface area contributed by atoms with Gasteiger partial charge < -0.3 is 9.64 Å². The molecule has 2 rings (SSSR count). The second kappa shape index (κ2) is 4.23. The second-order valence-corrected chi connectivity index (χ2v) is 4.49. The van der Waals surface area contributed by atoms with Crippen molar-refractivity contribution in [1.29, 1.82) is 0 Å². The molecule has 1 saturated heterocycles. The lowest BCUT2D eigenvalue weighted by molar-refractivity contribution is 0.157. The maximum Gasteiger partial charge on any atom is 0.410 e. The van der Waals surface area contributed by atoms with Crippen molar-refractivity contribution in [2.75, 3.05) is 13.2 Å². The SMILES string of the molecule is Cc1ccc(Br)c(CN2CCOC2=O)c1. The number of ether oxygens (including phenoxy) is 1. The summed E-state index contributed by atoms with van der Waals surface area (Å²) in [5.41, 5.74) is 2.31. The molecule has 80 valence electrons. The molecule has 1 fully saturated rings. The first-order valence-electron chi connectivity index (χ1n) is 4.83. The minimum absolute atomic E-state index is 0.219. The maximum atomic E-state index is 11.3. The van der Waals surface area contributed by atoms with E-state index >= 15 is 0 Å². The second-order valence-electron chi connectivity index (χ2n) is 3.63. The van der Waals surface area contributed by atoms with Crippen molar-refractivity contribution in [2.45, 2.75) is 13.5 Å². The molecule has 3 nitrogen and oxygen atoms in total. The van der Waals surface area contributed by atoms with E-state index < -0.39 is 0 Å². The summed E-state index contributed by atoms with van der Waals surface area (Å²) in [6, 6.07) is 6.12. The third-order valence-corrected chi connectivity index (χ3v) is 3.18. The molecular formula is C11H12BrNO2. The van der Waals surface area contributed by atoms with Gasteiger partial charge in [0.15, 0.2) is 0 Å². The number of amides is 1. The van der Waals surface area contributed by atoms with Crippen molar-refractivity contribution in [3.63, 3.8) is 0 Å². The fraction of sp³-hybridized carbons (Fsp3) is 0.364. The average molecular weight is 270 g/mol. The molecule has 0 aliphatic carbocycles. The van der Waals surface area contributed by atoms with E-state index in [4.69, 9.17) is 4.74 Å². The molecule has 0 radical (unpaired) electrons. The summed E-state index contributed by atoms with van der Waals surface area (Å²) in [5.74, 6) is 0. The predicted octanol–water partition coefficient (Wildman–Crippen LogP) is 2.71. The highest BCUT2D eigenvalue weighted by Gasteiger charge is 2.22. The van der Waals surface area contributed by atoms with Gasteiger partial charge in [0, 0.05) is 4.47 Å². The summed E-state index contributed by atoms with van der Waals surface area (Å²) < 4.78 is 5.91. The number of cyclic esters (lactones) is 1. The Bertz CT molecular complexity index is 392. The van der Waals surface area contributed by atoms with Crippen molar-refractivity contribution in [2.24, 2.45) is 0 Å². The van der Waals surface area contributed by atoms with Gasteiger partial charge in [-0.15, -0.1) is 0 Å². The smallest absolute Gasteiger partial charge is 0.410 e. The van der Waals surface area contributed by atoms with Crippen LogP contribution in [0.4, 0.5) is 4.79 Å². The molecule has 0 unspecified atom stereocenters. The van der Waals surface area contributed by atoms with Crippen LogP contribution >= 0.6 is 15.9 Å². The minimum Gasteiger partial charge on any atom is -0.448 e. The molecule has 1 amide bonds. The fourth-order valence-electron chi connectivity index (χ4n) is 1.60. The van der Waals surface area contributed by atoms with Gasteiger partial charge in [-0.25, -0.2) is 4.79 Å². The molecule has 1 aromatic rings. The lowest BCUT2D eigenvalue weighted by Crippen LogP contribution is -2.23. The van der Waals surface area contributed by atoms with Crippen LogP contribution < -0.4 is 0 Å². The van der Waals surface area contributed by atoms with E-state index in [-0.39, 0.29) is 6.09 Å². The molecule has 1 aromatic carbocycles. The maximum absolute atomic E-state index is 11.3. The Balaban J connectivity index is 2.16. The molecule has 0 bridgehead atoms. The number of rotatable bonds is 2. The predicted molar refractivity (Wildman–Crippen MR) is 60.6 cm³/mol. The van der Waals surface area contributed by atoms with E-state index in [2.05, 4.69) is 22.0 Å². The third-order valence-electron chi connectivity index (χ3n) is 2.41. The Morgan fingerprint density at radius 1 is 1.53 bits per heavy atom. The summed E-state index contributed by atoms with van der Waals surface area (Å²) >= 11 is 3.48. The normalized spacial score (nSPS) is 15.6. The van der Waals surface area contributed by atoms with Crippen LogP contribution in [0.5, 0.6) is 0 Å². The molecule has 1 heterocycles. The van der Waals surface area contributed by atoms with Crippen LogP contribution in [0.2, 0.25) is 0 Å². The molecule has 1 aliphatic rings. The number of halogens is 1. The Morgan fingerprint density at radius 3 is 3.00 bits per heavy atom. The third kappa shape index (κ3) is 2.31. The summed E-state index contributed by atoms with van der Waals surface area (Å²) in [4.78, 5) is 13.0. The van der Waals surface area contributed by atoms with Crippen LogP contribution in [-0.2, 0) is 11.3 Å². The number of nitrogens with zero attached hydrogens (tertiary/aromatic N) is 1. The summed E-state index contributed by atoms with van der Waals surface area (Å²) in [6.07, 6.45) is -0.219.